The third-order valence-corrected chi connectivity index (χ3v) is 3.80. The van der Waals surface area contributed by atoms with Gasteiger partial charge in [0.05, 0.1) is 6.61 Å². The number of anilines is 2. The van der Waals surface area contributed by atoms with Crippen LogP contribution in [0.5, 0.6) is 0 Å². The molecule has 5 heteroatoms. The molecule has 0 fully saturated rings. The Morgan fingerprint density at radius 2 is 2.00 bits per heavy atom. The normalized spacial score (nSPS) is 11.0. The Labute approximate surface area is 131 Å². The molecule has 4 nitrogen and oxygen atoms in total. The van der Waals surface area contributed by atoms with E-state index in [1.807, 2.05) is 16.8 Å². The van der Waals surface area contributed by atoms with Crippen LogP contribution in [0, 0.1) is 0 Å². The smallest absolute Gasteiger partial charge is 0.207 e. The molecule has 1 N–H and O–H groups in total. The van der Waals surface area contributed by atoms with E-state index in [2.05, 4.69) is 56.6 Å². The molecule has 0 spiro atoms. The second kappa shape index (κ2) is 6.28. The van der Waals surface area contributed by atoms with Gasteiger partial charge in [0.25, 0.3) is 0 Å². The largest absolute Gasteiger partial charge is 0.383 e. The van der Waals surface area contributed by atoms with Crippen molar-refractivity contribution in [3.63, 3.8) is 0 Å². The van der Waals surface area contributed by atoms with Crippen molar-refractivity contribution in [1.82, 2.24) is 9.55 Å². The maximum Gasteiger partial charge on any atom is 0.207 e. The minimum Gasteiger partial charge on any atom is -0.383 e. The fraction of sp³-hybridized carbons (Fsp3) is 0.188. The van der Waals surface area contributed by atoms with Crippen molar-refractivity contribution < 1.29 is 4.74 Å². The molecule has 0 bridgehead atoms. The van der Waals surface area contributed by atoms with E-state index < -0.39 is 0 Å². The van der Waals surface area contributed by atoms with E-state index in [-0.39, 0.29) is 0 Å². The van der Waals surface area contributed by atoms with Crippen LogP contribution in [0.2, 0.25) is 0 Å². The summed E-state index contributed by atoms with van der Waals surface area (Å²) in [6.45, 7) is 1.44. The van der Waals surface area contributed by atoms with Gasteiger partial charge >= 0.3 is 0 Å². The first-order valence-electron chi connectivity index (χ1n) is 6.73. The summed E-state index contributed by atoms with van der Waals surface area (Å²) in [5.74, 6) is 0.823. The summed E-state index contributed by atoms with van der Waals surface area (Å²) < 4.78 is 8.23. The van der Waals surface area contributed by atoms with Crippen molar-refractivity contribution in [2.45, 2.75) is 6.54 Å². The van der Waals surface area contributed by atoms with Gasteiger partial charge in [0, 0.05) is 36.2 Å². The number of hydrogen-bond donors (Lipinski definition) is 1. The number of rotatable bonds is 5. The van der Waals surface area contributed by atoms with Gasteiger partial charge in [-0.2, -0.15) is 0 Å². The number of fused-ring (bicyclic) bond motifs is 1. The maximum absolute atomic E-state index is 5.11. The molecule has 0 saturated carbocycles. The number of nitrogens with zero attached hydrogens (tertiary/aromatic N) is 2. The molecule has 0 aliphatic rings. The van der Waals surface area contributed by atoms with Crippen LogP contribution in [-0.4, -0.2) is 23.3 Å². The quantitative estimate of drug-likeness (QED) is 0.753. The molecule has 0 saturated heterocycles. The fourth-order valence-corrected chi connectivity index (χ4v) is 2.61. The number of ether oxygens (including phenoxy) is 1. The van der Waals surface area contributed by atoms with E-state index in [4.69, 9.17) is 4.74 Å². The van der Waals surface area contributed by atoms with Gasteiger partial charge in [0.15, 0.2) is 0 Å². The Morgan fingerprint density at radius 3 is 2.86 bits per heavy atom. The predicted molar refractivity (Wildman–Crippen MR) is 89.0 cm³/mol. The maximum atomic E-state index is 5.11. The topological polar surface area (TPSA) is 39.1 Å². The molecule has 0 aliphatic heterocycles. The van der Waals surface area contributed by atoms with Crippen LogP contribution < -0.4 is 5.32 Å². The van der Waals surface area contributed by atoms with Gasteiger partial charge in [0.2, 0.25) is 5.95 Å². The Kier molecular flexibility index (Phi) is 4.22. The molecule has 21 heavy (non-hydrogen) atoms. The number of halogens is 1. The van der Waals surface area contributed by atoms with Crippen LogP contribution in [0.3, 0.4) is 0 Å². The van der Waals surface area contributed by atoms with Gasteiger partial charge in [-0.1, -0.05) is 28.1 Å². The number of nitrogens with one attached hydrogen (secondary N) is 1. The summed E-state index contributed by atoms with van der Waals surface area (Å²) in [6, 6.07) is 12.5. The lowest BCUT2D eigenvalue weighted by Gasteiger charge is -2.10. The molecule has 0 aliphatic carbocycles. The molecule has 0 atom stereocenters. The van der Waals surface area contributed by atoms with Crippen LogP contribution in [-0.2, 0) is 11.3 Å². The lowest BCUT2D eigenvalue weighted by Crippen LogP contribution is -2.07. The number of imidazole rings is 1. The number of hydrogen-bond acceptors (Lipinski definition) is 3. The molecule has 1 aromatic heterocycles. The highest BCUT2D eigenvalue weighted by molar-refractivity contribution is 9.10. The first kappa shape index (κ1) is 14.1. The van der Waals surface area contributed by atoms with Crippen molar-refractivity contribution in [2.24, 2.45) is 0 Å². The minimum atomic E-state index is 0.663. The summed E-state index contributed by atoms with van der Waals surface area (Å²) in [7, 11) is 1.70. The first-order valence-corrected chi connectivity index (χ1v) is 7.52. The van der Waals surface area contributed by atoms with E-state index in [9.17, 15) is 0 Å². The molecular formula is C16H16BrN3O. The number of aromatic nitrogens is 2. The summed E-state index contributed by atoms with van der Waals surface area (Å²) in [5.41, 5.74) is 1.02. The lowest BCUT2D eigenvalue weighted by atomic mass is 10.1. The van der Waals surface area contributed by atoms with Crippen LogP contribution in [0.15, 0.2) is 53.3 Å². The standard InChI is InChI=1S/C16H16BrN3O/c1-21-9-8-20-7-6-18-16(20)19-15-5-3-12-10-14(17)4-2-13(12)11-15/h2-7,10-11H,8-9H2,1H3,(H,18,19). The van der Waals surface area contributed by atoms with Crippen molar-refractivity contribution in [3.05, 3.63) is 53.3 Å². The summed E-state index contributed by atoms with van der Waals surface area (Å²) >= 11 is 3.49. The molecular weight excluding hydrogens is 330 g/mol. The van der Waals surface area contributed by atoms with Gasteiger partial charge in [-0.3, -0.25) is 0 Å². The SMILES string of the molecule is COCCn1ccnc1Nc1ccc2cc(Br)ccc2c1. The number of benzene rings is 2. The fourth-order valence-electron chi connectivity index (χ4n) is 2.23. The van der Waals surface area contributed by atoms with Crippen molar-refractivity contribution in [2.75, 3.05) is 19.0 Å². The predicted octanol–water partition coefficient (Wildman–Crippen LogP) is 4.19. The van der Waals surface area contributed by atoms with Gasteiger partial charge in [0.1, 0.15) is 0 Å². The minimum absolute atomic E-state index is 0.663. The molecule has 3 rings (SSSR count). The molecule has 2 aromatic carbocycles. The van der Waals surface area contributed by atoms with E-state index >= 15 is 0 Å². The van der Waals surface area contributed by atoms with Crippen molar-refractivity contribution in [3.8, 4) is 0 Å². The highest BCUT2D eigenvalue weighted by Gasteiger charge is 2.04. The van der Waals surface area contributed by atoms with E-state index in [1.54, 1.807) is 13.3 Å². The van der Waals surface area contributed by atoms with Crippen LogP contribution in [0.4, 0.5) is 11.6 Å². The Morgan fingerprint density at radius 1 is 1.19 bits per heavy atom. The van der Waals surface area contributed by atoms with E-state index in [0.29, 0.717) is 6.61 Å². The Hall–Kier alpha value is -1.85. The third-order valence-electron chi connectivity index (χ3n) is 3.31. The lowest BCUT2D eigenvalue weighted by molar-refractivity contribution is 0.188. The number of methoxy groups -OCH3 is 1. The average molecular weight is 346 g/mol. The zero-order chi connectivity index (χ0) is 14.7. The van der Waals surface area contributed by atoms with Crippen molar-refractivity contribution >= 4 is 38.3 Å². The zero-order valence-electron chi connectivity index (χ0n) is 11.7. The van der Waals surface area contributed by atoms with Crippen LogP contribution in [0.25, 0.3) is 10.8 Å². The molecule has 3 aromatic rings. The second-order valence-electron chi connectivity index (χ2n) is 4.77. The monoisotopic (exact) mass is 345 g/mol. The molecule has 108 valence electrons. The molecule has 0 amide bonds. The molecule has 1 heterocycles. The van der Waals surface area contributed by atoms with Crippen LogP contribution in [0.1, 0.15) is 0 Å². The first-order chi connectivity index (χ1) is 10.3. The summed E-state index contributed by atoms with van der Waals surface area (Å²) in [6.07, 6.45) is 3.73. The van der Waals surface area contributed by atoms with Crippen LogP contribution >= 0.6 is 15.9 Å². The summed E-state index contributed by atoms with van der Waals surface area (Å²) in [4.78, 5) is 4.35. The van der Waals surface area contributed by atoms with Gasteiger partial charge in [-0.25, -0.2) is 4.98 Å². The summed E-state index contributed by atoms with van der Waals surface area (Å²) in [5, 5.41) is 5.75. The highest BCUT2D eigenvalue weighted by Crippen LogP contribution is 2.24. The third kappa shape index (κ3) is 3.25. The second-order valence-corrected chi connectivity index (χ2v) is 5.68. The Balaban J connectivity index is 1.84. The van der Waals surface area contributed by atoms with E-state index in [0.717, 1.165) is 22.7 Å². The highest BCUT2D eigenvalue weighted by atomic mass is 79.9. The van der Waals surface area contributed by atoms with Gasteiger partial charge < -0.3 is 14.6 Å². The van der Waals surface area contributed by atoms with E-state index in [1.165, 1.54) is 10.8 Å². The average Bonchev–Trinajstić information content (AvgIpc) is 2.92. The molecule has 0 radical (unpaired) electrons. The zero-order valence-corrected chi connectivity index (χ0v) is 13.3. The molecule has 0 unspecified atom stereocenters. The van der Waals surface area contributed by atoms with Crippen molar-refractivity contribution in [1.29, 1.82) is 0 Å². The Bertz CT molecular complexity index is 754. The van der Waals surface area contributed by atoms with Gasteiger partial charge in [-0.15, -0.1) is 0 Å². The van der Waals surface area contributed by atoms with Gasteiger partial charge in [-0.05, 0) is 35.0 Å².